The molecule has 9 heteroatoms. The topological polar surface area (TPSA) is 69.6 Å². The first-order valence-corrected chi connectivity index (χ1v) is 8.01. The highest BCUT2D eigenvalue weighted by molar-refractivity contribution is 9.10. The minimum atomic E-state index is -4.65. The molecule has 0 spiro atoms. The van der Waals surface area contributed by atoms with Crippen LogP contribution in [-0.2, 0) is 16.1 Å². The van der Waals surface area contributed by atoms with Crippen LogP contribution in [0.15, 0.2) is 28.7 Å². The average Bonchev–Trinajstić information content (AvgIpc) is 2.87. The molecule has 2 rings (SSSR count). The number of nitrogens with zero attached hydrogens (tertiary/aromatic N) is 1. The molecule has 5 nitrogen and oxygen atoms in total. The maximum absolute atomic E-state index is 12.4. The predicted molar refractivity (Wildman–Crippen MR) is 82.8 cm³/mol. The molecule has 2 atom stereocenters. The Hall–Kier alpha value is -1.61. The standard InChI is InChI=1S/C15H16BrF3N2O3/c16-10-3-1-9(2-4-10)7-20-14(24)12-5-11(22)8-21(12)13(23)6-15(17,18)19/h1-4,11-12,22H,5-8H2,(H,20,24)/t11-,12+/m0/s1. The molecule has 0 bridgehead atoms. The van der Waals surface area contributed by atoms with Gasteiger partial charge in [0.25, 0.3) is 0 Å². The van der Waals surface area contributed by atoms with Gasteiger partial charge in [0.1, 0.15) is 12.5 Å². The molecule has 0 saturated carbocycles. The Kier molecular flexibility index (Phi) is 5.87. The molecule has 24 heavy (non-hydrogen) atoms. The van der Waals surface area contributed by atoms with E-state index in [4.69, 9.17) is 0 Å². The van der Waals surface area contributed by atoms with Crippen LogP contribution >= 0.6 is 15.9 Å². The van der Waals surface area contributed by atoms with Crippen molar-refractivity contribution >= 4 is 27.7 Å². The minimum Gasteiger partial charge on any atom is -0.391 e. The maximum atomic E-state index is 12.4. The van der Waals surface area contributed by atoms with E-state index < -0.39 is 36.6 Å². The molecule has 2 N–H and O–H groups in total. The molecule has 1 fully saturated rings. The van der Waals surface area contributed by atoms with E-state index in [0.29, 0.717) is 0 Å². The molecule has 1 saturated heterocycles. The second-order valence-electron chi connectivity index (χ2n) is 5.59. The summed E-state index contributed by atoms with van der Waals surface area (Å²) < 4.78 is 38.0. The van der Waals surface area contributed by atoms with E-state index in [2.05, 4.69) is 21.2 Å². The van der Waals surface area contributed by atoms with E-state index in [1.165, 1.54) is 0 Å². The van der Waals surface area contributed by atoms with Crippen molar-refractivity contribution in [2.45, 2.75) is 37.7 Å². The summed E-state index contributed by atoms with van der Waals surface area (Å²) in [5.74, 6) is -1.78. The van der Waals surface area contributed by atoms with Crippen LogP contribution in [0, 0.1) is 0 Å². The Balaban J connectivity index is 1.98. The Morgan fingerprint density at radius 2 is 1.92 bits per heavy atom. The van der Waals surface area contributed by atoms with Gasteiger partial charge < -0.3 is 15.3 Å². The molecule has 0 aliphatic carbocycles. The normalized spacial score (nSPS) is 21.0. The predicted octanol–water partition coefficient (Wildman–Crippen LogP) is 1.98. The van der Waals surface area contributed by atoms with Crippen molar-refractivity contribution in [2.24, 2.45) is 0 Å². The summed E-state index contributed by atoms with van der Waals surface area (Å²) >= 11 is 3.28. The van der Waals surface area contributed by atoms with Gasteiger partial charge >= 0.3 is 6.18 Å². The van der Waals surface area contributed by atoms with Crippen LogP contribution in [-0.4, -0.2) is 46.7 Å². The van der Waals surface area contributed by atoms with Crippen molar-refractivity contribution < 1.29 is 27.9 Å². The number of halogens is 4. The molecule has 0 radical (unpaired) electrons. The Labute approximate surface area is 145 Å². The molecule has 0 aromatic heterocycles. The summed E-state index contributed by atoms with van der Waals surface area (Å²) in [6.07, 6.45) is -7.37. The molecule has 132 valence electrons. The van der Waals surface area contributed by atoms with Gasteiger partial charge in [0.05, 0.1) is 6.10 Å². The number of aliphatic hydroxyl groups is 1. The van der Waals surface area contributed by atoms with Crippen LogP contribution in [0.2, 0.25) is 0 Å². The Morgan fingerprint density at radius 3 is 2.50 bits per heavy atom. The highest BCUT2D eigenvalue weighted by atomic mass is 79.9. The molecule has 1 heterocycles. The third-order valence-electron chi connectivity index (χ3n) is 3.63. The first kappa shape index (κ1) is 18.7. The Bertz CT molecular complexity index is 607. The summed E-state index contributed by atoms with van der Waals surface area (Å²) in [6.45, 7) is -0.0920. The van der Waals surface area contributed by atoms with Crippen molar-refractivity contribution in [1.82, 2.24) is 10.2 Å². The van der Waals surface area contributed by atoms with E-state index in [0.717, 1.165) is 14.9 Å². The fraction of sp³-hybridized carbons (Fsp3) is 0.467. The number of aliphatic hydroxyl groups excluding tert-OH is 1. The number of β-amino-alcohol motifs (C(OH)–C–C–N with tert-alkyl or cyclic N) is 1. The number of carbonyl (C=O) groups excluding carboxylic acids is 2. The summed E-state index contributed by atoms with van der Waals surface area (Å²) in [7, 11) is 0. The summed E-state index contributed by atoms with van der Waals surface area (Å²) in [5.41, 5.74) is 0.804. The average molecular weight is 409 g/mol. The summed E-state index contributed by atoms with van der Waals surface area (Å²) in [4.78, 5) is 24.7. The minimum absolute atomic E-state index is 0.0736. The van der Waals surface area contributed by atoms with Crippen LogP contribution in [0.5, 0.6) is 0 Å². The number of alkyl halides is 3. The van der Waals surface area contributed by atoms with Gasteiger partial charge in [0.15, 0.2) is 0 Å². The van der Waals surface area contributed by atoms with Gasteiger partial charge in [-0.2, -0.15) is 13.2 Å². The molecule has 1 aromatic carbocycles. The molecule has 2 amide bonds. The van der Waals surface area contributed by atoms with Crippen molar-refractivity contribution in [1.29, 1.82) is 0 Å². The number of likely N-dealkylation sites (tertiary alicyclic amines) is 1. The SMILES string of the molecule is O=C(NCc1ccc(Br)cc1)[C@H]1C[C@H](O)CN1C(=O)CC(F)(F)F. The van der Waals surface area contributed by atoms with Crippen molar-refractivity contribution in [3.05, 3.63) is 34.3 Å². The zero-order chi connectivity index (χ0) is 17.9. The quantitative estimate of drug-likeness (QED) is 0.800. The number of hydrogen-bond donors (Lipinski definition) is 2. The molecule has 0 unspecified atom stereocenters. The monoisotopic (exact) mass is 408 g/mol. The maximum Gasteiger partial charge on any atom is 0.397 e. The number of rotatable bonds is 4. The first-order chi connectivity index (χ1) is 11.2. The van der Waals surface area contributed by atoms with Gasteiger partial charge in [-0.1, -0.05) is 28.1 Å². The van der Waals surface area contributed by atoms with E-state index >= 15 is 0 Å². The molecular weight excluding hydrogens is 393 g/mol. The smallest absolute Gasteiger partial charge is 0.391 e. The van der Waals surface area contributed by atoms with Crippen LogP contribution < -0.4 is 5.32 Å². The third-order valence-corrected chi connectivity index (χ3v) is 4.16. The number of benzene rings is 1. The Morgan fingerprint density at radius 1 is 1.29 bits per heavy atom. The number of nitrogens with one attached hydrogen (secondary N) is 1. The van der Waals surface area contributed by atoms with E-state index in [1.54, 1.807) is 24.3 Å². The van der Waals surface area contributed by atoms with Crippen molar-refractivity contribution in [3.8, 4) is 0 Å². The molecule has 1 aromatic rings. The van der Waals surface area contributed by atoms with E-state index in [1.807, 2.05) is 0 Å². The second-order valence-corrected chi connectivity index (χ2v) is 6.50. The van der Waals surface area contributed by atoms with Crippen LogP contribution in [0.4, 0.5) is 13.2 Å². The highest BCUT2D eigenvalue weighted by Gasteiger charge is 2.42. The molecular formula is C15H16BrF3N2O3. The van der Waals surface area contributed by atoms with Crippen LogP contribution in [0.1, 0.15) is 18.4 Å². The lowest BCUT2D eigenvalue weighted by atomic mass is 10.1. The largest absolute Gasteiger partial charge is 0.397 e. The van der Waals surface area contributed by atoms with Gasteiger partial charge in [-0.25, -0.2) is 0 Å². The number of carbonyl (C=O) groups is 2. The number of hydrogen-bond acceptors (Lipinski definition) is 3. The summed E-state index contributed by atoms with van der Waals surface area (Å²) in [6, 6.07) is 6.05. The van der Waals surface area contributed by atoms with Crippen molar-refractivity contribution in [2.75, 3.05) is 6.54 Å². The lowest BCUT2D eigenvalue weighted by Gasteiger charge is -2.24. The lowest BCUT2D eigenvalue weighted by molar-refractivity contribution is -0.163. The third kappa shape index (κ3) is 5.20. The molecule has 1 aliphatic rings. The zero-order valence-corrected chi connectivity index (χ0v) is 14.1. The number of amides is 2. The van der Waals surface area contributed by atoms with E-state index in [9.17, 15) is 27.9 Å². The fourth-order valence-electron chi connectivity index (χ4n) is 2.52. The van der Waals surface area contributed by atoms with Gasteiger partial charge in [-0.05, 0) is 17.7 Å². The van der Waals surface area contributed by atoms with Crippen LogP contribution in [0.3, 0.4) is 0 Å². The van der Waals surface area contributed by atoms with Gasteiger partial charge in [0.2, 0.25) is 11.8 Å². The zero-order valence-electron chi connectivity index (χ0n) is 12.5. The molecule has 1 aliphatic heterocycles. The second kappa shape index (κ2) is 7.52. The van der Waals surface area contributed by atoms with E-state index in [-0.39, 0.29) is 19.5 Å². The first-order valence-electron chi connectivity index (χ1n) is 7.22. The van der Waals surface area contributed by atoms with Gasteiger partial charge in [-0.3, -0.25) is 9.59 Å². The van der Waals surface area contributed by atoms with Crippen molar-refractivity contribution in [3.63, 3.8) is 0 Å². The lowest BCUT2D eigenvalue weighted by Crippen LogP contribution is -2.46. The summed E-state index contributed by atoms with van der Waals surface area (Å²) in [5, 5.41) is 12.2. The van der Waals surface area contributed by atoms with Crippen LogP contribution in [0.25, 0.3) is 0 Å². The van der Waals surface area contributed by atoms with Gasteiger partial charge in [0, 0.05) is 24.0 Å². The highest BCUT2D eigenvalue weighted by Crippen LogP contribution is 2.25. The fourth-order valence-corrected chi connectivity index (χ4v) is 2.78. The van der Waals surface area contributed by atoms with Gasteiger partial charge in [-0.15, -0.1) is 0 Å².